The van der Waals surface area contributed by atoms with Crippen LogP contribution >= 0.6 is 43.5 Å². The number of amides is 2. The molecule has 2 amide bonds. The molecule has 8 heteroatoms. The summed E-state index contributed by atoms with van der Waals surface area (Å²) < 4.78 is 1.16. The van der Waals surface area contributed by atoms with Gasteiger partial charge in [-0.25, -0.2) is 9.59 Å². The van der Waals surface area contributed by atoms with Crippen molar-refractivity contribution in [2.24, 2.45) is 0 Å². The highest BCUT2D eigenvalue weighted by molar-refractivity contribution is 9.11. The van der Waals surface area contributed by atoms with Crippen LogP contribution in [0.25, 0.3) is 0 Å². The molecule has 0 saturated heterocycles. The van der Waals surface area contributed by atoms with E-state index in [4.69, 9.17) is 16.7 Å². The molecule has 0 atom stereocenters. The van der Waals surface area contributed by atoms with Gasteiger partial charge in [0.1, 0.15) is 5.54 Å². The SMILES string of the molecule is CC(C)(NC(=O)Nc1c(Br)cc(Cl)cc1Br)C(=O)O. The fourth-order valence-corrected chi connectivity index (χ4v) is 3.01. The van der Waals surface area contributed by atoms with Crippen LogP contribution in [0.4, 0.5) is 10.5 Å². The predicted octanol–water partition coefficient (Wildman–Crippen LogP) is 3.85. The highest BCUT2D eigenvalue weighted by Gasteiger charge is 2.29. The Balaban J connectivity index is 2.87. The molecular weight excluding hydrogens is 403 g/mol. The van der Waals surface area contributed by atoms with E-state index in [2.05, 4.69) is 42.5 Å². The predicted molar refractivity (Wildman–Crippen MR) is 80.7 cm³/mol. The van der Waals surface area contributed by atoms with Crippen molar-refractivity contribution < 1.29 is 14.7 Å². The zero-order valence-corrected chi connectivity index (χ0v) is 14.0. The maximum atomic E-state index is 11.8. The molecule has 1 aromatic carbocycles. The second-order valence-corrected chi connectivity index (χ2v) is 6.40. The van der Waals surface area contributed by atoms with Gasteiger partial charge >= 0.3 is 12.0 Å². The molecule has 0 fully saturated rings. The fraction of sp³-hybridized carbons (Fsp3) is 0.273. The zero-order valence-electron chi connectivity index (χ0n) is 10.1. The first-order valence-electron chi connectivity index (χ1n) is 5.10. The quantitative estimate of drug-likeness (QED) is 0.703. The van der Waals surface area contributed by atoms with E-state index in [1.807, 2.05) is 0 Å². The van der Waals surface area contributed by atoms with Gasteiger partial charge in [0.15, 0.2) is 0 Å². The third-order valence-electron chi connectivity index (χ3n) is 2.21. The molecule has 3 N–H and O–H groups in total. The van der Waals surface area contributed by atoms with E-state index >= 15 is 0 Å². The number of nitrogens with one attached hydrogen (secondary N) is 2. The minimum Gasteiger partial charge on any atom is -0.480 e. The van der Waals surface area contributed by atoms with Crippen molar-refractivity contribution in [2.75, 3.05) is 5.32 Å². The number of carbonyl (C=O) groups is 2. The molecule has 0 aliphatic rings. The van der Waals surface area contributed by atoms with Crippen LogP contribution in [0.15, 0.2) is 21.1 Å². The minimum atomic E-state index is -1.37. The number of rotatable bonds is 3. The Kier molecular flexibility index (Phi) is 5.23. The molecule has 0 spiro atoms. The monoisotopic (exact) mass is 412 g/mol. The molecule has 0 aliphatic heterocycles. The summed E-state index contributed by atoms with van der Waals surface area (Å²) >= 11 is 12.4. The molecule has 1 rings (SSSR count). The smallest absolute Gasteiger partial charge is 0.328 e. The molecule has 104 valence electrons. The van der Waals surface area contributed by atoms with Crippen molar-refractivity contribution in [1.82, 2.24) is 5.32 Å². The largest absolute Gasteiger partial charge is 0.480 e. The van der Waals surface area contributed by atoms with Crippen LogP contribution in [0.3, 0.4) is 0 Å². The van der Waals surface area contributed by atoms with Gasteiger partial charge in [0.25, 0.3) is 0 Å². The molecule has 0 aliphatic carbocycles. The Bertz CT molecular complexity index is 512. The fourth-order valence-electron chi connectivity index (χ4n) is 1.14. The van der Waals surface area contributed by atoms with E-state index in [1.165, 1.54) is 13.8 Å². The lowest BCUT2D eigenvalue weighted by Gasteiger charge is -2.21. The van der Waals surface area contributed by atoms with Crippen LogP contribution in [0.2, 0.25) is 5.02 Å². The lowest BCUT2D eigenvalue weighted by atomic mass is 10.1. The topological polar surface area (TPSA) is 78.4 Å². The first kappa shape index (κ1) is 16.3. The van der Waals surface area contributed by atoms with Gasteiger partial charge in [0.05, 0.1) is 5.69 Å². The van der Waals surface area contributed by atoms with Crippen molar-refractivity contribution in [3.05, 3.63) is 26.1 Å². The van der Waals surface area contributed by atoms with Gasteiger partial charge < -0.3 is 15.7 Å². The Hall–Kier alpha value is -0.790. The molecular formula is C11H11Br2ClN2O3. The summed E-state index contributed by atoms with van der Waals surface area (Å²) in [5.74, 6) is -1.13. The molecule has 0 bridgehead atoms. The van der Waals surface area contributed by atoms with Crippen molar-refractivity contribution >= 4 is 61.1 Å². The summed E-state index contributed by atoms with van der Waals surface area (Å²) in [4.78, 5) is 22.7. The van der Waals surface area contributed by atoms with E-state index in [9.17, 15) is 9.59 Å². The summed E-state index contributed by atoms with van der Waals surface area (Å²) in [5, 5.41) is 14.3. The average molecular weight is 414 g/mol. The first-order chi connectivity index (χ1) is 8.63. The lowest BCUT2D eigenvalue weighted by molar-refractivity contribution is -0.142. The van der Waals surface area contributed by atoms with E-state index in [0.717, 1.165) is 0 Å². The third kappa shape index (κ3) is 4.36. The number of urea groups is 1. The van der Waals surface area contributed by atoms with Gasteiger partial charge in [-0.3, -0.25) is 0 Å². The summed E-state index contributed by atoms with van der Waals surface area (Å²) in [6, 6.07) is 2.60. The highest BCUT2D eigenvalue weighted by atomic mass is 79.9. The number of carboxylic acids is 1. The maximum Gasteiger partial charge on any atom is 0.328 e. The lowest BCUT2D eigenvalue weighted by Crippen LogP contribution is -2.51. The molecule has 19 heavy (non-hydrogen) atoms. The number of carbonyl (C=O) groups excluding carboxylic acids is 1. The summed E-state index contributed by atoms with van der Waals surface area (Å²) in [6.45, 7) is 2.78. The van der Waals surface area contributed by atoms with E-state index < -0.39 is 17.5 Å². The Morgan fingerprint density at radius 3 is 2.16 bits per heavy atom. The summed E-state index contributed by atoms with van der Waals surface area (Å²) in [5.41, 5.74) is -0.904. The van der Waals surface area contributed by atoms with Gasteiger partial charge in [-0.05, 0) is 57.8 Å². The van der Waals surface area contributed by atoms with Crippen molar-refractivity contribution in [3.8, 4) is 0 Å². The molecule has 0 saturated carbocycles. The van der Waals surface area contributed by atoms with Crippen LogP contribution in [0, 0.1) is 0 Å². The molecule has 0 aromatic heterocycles. The number of aliphatic carboxylic acids is 1. The van der Waals surface area contributed by atoms with Crippen molar-refractivity contribution in [1.29, 1.82) is 0 Å². The first-order valence-corrected chi connectivity index (χ1v) is 7.07. The van der Waals surface area contributed by atoms with Gasteiger partial charge in [0, 0.05) is 14.0 Å². The van der Waals surface area contributed by atoms with Gasteiger partial charge in [-0.15, -0.1) is 0 Å². The second-order valence-electron chi connectivity index (χ2n) is 4.25. The number of hydrogen-bond donors (Lipinski definition) is 3. The number of anilines is 1. The van der Waals surface area contributed by atoms with Crippen LogP contribution < -0.4 is 10.6 Å². The molecule has 0 unspecified atom stereocenters. The van der Waals surface area contributed by atoms with E-state index in [0.29, 0.717) is 19.7 Å². The molecule has 0 heterocycles. The number of carboxylic acid groups (broad SMARTS) is 1. The second kappa shape index (κ2) is 6.11. The number of benzene rings is 1. The maximum absolute atomic E-state index is 11.8. The van der Waals surface area contributed by atoms with Crippen LogP contribution in [-0.4, -0.2) is 22.6 Å². The Morgan fingerprint density at radius 1 is 1.26 bits per heavy atom. The average Bonchev–Trinajstić information content (AvgIpc) is 2.22. The summed E-state index contributed by atoms with van der Waals surface area (Å²) in [6.07, 6.45) is 0. The normalized spacial score (nSPS) is 11.0. The minimum absolute atomic E-state index is 0.461. The van der Waals surface area contributed by atoms with Crippen LogP contribution in [-0.2, 0) is 4.79 Å². The third-order valence-corrected chi connectivity index (χ3v) is 3.68. The molecule has 5 nitrogen and oxygen atoms in total. The van der Waals surface area contributed by atoms with Gasteiger partial charge in [-0.2, -0.15) is 0 Å². The Labute approximate surface area is 132 Å². The van der Waals surface area contributed by atoms with E-state index in [1.54, 1.807) is 12.1 Å². The van der Waals surface area contributed by atoms with Crippen LogP contribution in [0.1, 0.15) is 13.8 Å². The van der Waals surface area contributed by atoms with Gasteiger partial charge in [0.2, 0.25) is 0 Å². The molecule has 0 radical (unpaired) electrons. The van der Waals surface area contributed by atoms with E-state index in [-0.39, 0.29) is 0 Å². The van der Waals surface area contributed by atoms with Gasteiger partial charge in [-0.1, -0.05) is 11.6 Å². The highest BCUT2D eigenvalue weighted by Crippen LogP contribution is 2.34. The standard InChI is InChI=1S/C11H11Br2ClN2O3/c1-11(2,9(17)18)16-10(19)15-8-6(12)3-5(14)4-7(8)13/h3-4H,1-2H3,(H,17,18)(H2,15,16,19). The van der Waals surface area contributed by atoms with Crippen molar-refractivity contribution in [3.63, 3.8) is 0 Å². The van der Waals surface area contributed by atoms with Crippen molar-refractivity contribution in [2.45, 2.75) is 19.4 Å². The summed E-state index contributed by atoms with van der Waals surface area (Å²) in [7, 11) is 0. The van der Waals surface area contributed by atoms with Crippen LogP contribution in [0.5, 0.6) is 0 Å². The number of halogens is 3. The Morgan fingerprint density at radius 2 is 1.74 bits per heavy atom. The number of hydrogen-bond acceptors (Lipinski definition) is 2. The zero-order chi connectivity index (χ0) is 14.8. The molecule has 1 aromatic rings.